The van der Waals surface area contributed by atoms with Crippen molar-refractivity contribution in [3.05, 3.63) is 47.7 Å². The molecule has 1 aromatic carbocycles. The van der Waals surface area contributed by atoms with Crippen molar-refractivity contribution in [1.29, 1.82) is 0 Å². The molecular weight excluding hydrogens is 334 g/mol. The summed E-state index contributed by atoms with van der Waals surface area (Å²) in [6, 6.07) is 11.1. The minimum Gasteiger partial charge on any atom is -0.454 e. The monoisotopic (exact) mass is 355 g/mol. The van der Waals surface area contributed by atoms with Gasteiger partial charge in [0.25, 0.3) is 5.91 Å². The van der Waals surface area contributed by atoms with E-state index in [9.17, 15) is 4.79 Å². The quantitative estimate of drug-likeness (QED) is 0.840. The van der Waals surface area contributed by atoms with E-state index in [1.54, 1.807) is 23.1 Å². The third-order valence-electron chi connectivity index (χ3n) is 4.52. The van der Waals surface area contributed by atoms with Gasteiger partial charge in [-0.15, -0.1) is 0 Å². The summed E-state index contributed by atoms with van der Waals surface area (Å²) >= 11 is 0. The Morgan fingerprint density at radius 1 is 1.19 bits per heavy atom. The van der Waals surface area contributed by atoms with E-state index < -0.39 is 0 Å². The van der Waals surface area contributed by atoms with Crippen LogP contribution in [-0.4, -0.2) is 56.4 Å². The number of anilines is 1. The third-order valence-corrected chi connectivity index (χ3v) is 4.52. The number of benzene rings is 1. The van der Waals surface area contributed by atoms with Crippen molar-refractivity contribution in [1.82, 2.24) is 9.88 Å². The second kappa shape index (κ2) is 6.84. The summed E-state index contributed by atoms with van der Waals surface area (Å²) in [5, 5.41) is 0. The Balaban J connectivity index is 1.51. The van der Waals surface area contributed by atoms with Gasteiger partial charge in [0.2, 0.25) is 6.79 Å². The van der Waals surface area contributed by atoms with Crippen LogP contribution in [0.2, 0.25) is 0 Å². The number of ether oxygens (including phenoxy) is 3. The van der Waals surface area contributed by atoms with Crippen molar-refractivity contribution in [2.75, 3.05) is 45.5 Å². The molecule has 0 radical (unpaired) electrons. The molecule has 2 aromatic rings. The van der Waals surface area contributed by atoms with Crippen molar-refractivity contribution >= 4 is 11.7 Å². The highest BCUT2D eigenvalue weighted by Crippen LogP contribution is 2.33. The standard InChI is InChI=1S/C19H21N3O4/c1-21(2)18-5-3-4-14(20-18)17-11-22(8-9-24-17)19(23)13-6-7-15-16(10-13)26-12-25-15/h3-7,10,17H,8-9,11-12H2,1-2H3/t17-/m1/s1. The smallest absolute Gasteiger partial charge is 0.254 e. The molecule has 0 aliphatic carbocycles. The lowest BCUT2D eigenvalue weighted by Gasteiger charge is -2.33. The zero-order valence-corrected chi connectivity index (χ0v) is 14.8. The Kier molecular flexibility index (Phi) is 4.38. The molecule has 1 saturated heterocycles. The normalized spacial score (nSPS) is 18.7. The second-order valence-corrected chi connectivity index (χ2v) is 6.49. The molecule has 1 amide bonds. The molecule has 0 N–H and O–H groups in total. The fraction of sp³-hybridized carbons (Fsp3) is 0.368. The highest BCUT2D eigenvalue weighted by Gasteiger charge is 2.28. The number of hydrogen-bond donors (Lipinski definition) is 0. The van der Waals surface area contributed by atoms with E-state index in [0.717, 1.165) is 11.5 Å². The van der Waals surface area contributed by atoms with Gasteiger partial charge < -0.3 is 24.0 Å². The Hall–Kier alpha value is -2.80. The first-order valence-electron chi connectivity index (χ1n) is 8.56. The SMILES string of the molecule is CN(C)c1cccc([C@H]2CN(C(=O)c3ccc4c(c3)OCO4)CCO2)n1. The Bertz CT molecular complexity index is 824. The molecule has 7 nitrogen and oxygen atoms in total. The number of carbonyl (C=O) groups is 1. The van der Waals surface area contributed by atoms with Crippen molar-refractivity contribution < 1.29 is 19.0 Å². The third kappa shape index (κ3) is 3.17. The van der Waals surface area contributed by atoms with Crippen LogP contribution in [0, 0.1) is 0 Å². The van der Waals surface area contributed by atoms with Crippen molar-refractivity contribution in [3.8, 4) is 11.5 Å². The summed E-state index contributed by atoms with van der Waals surface area (Å²) in [5.41, 5.74) is 1.42. The van der Waals surface area contributed by atoms with Gasteiger partial charge in [0.15, 0.2) is 11.5 Å². The number of pyridine rings is 1. The van der Waals surface area contributed by atoms with Crippen LogP contribution in [0.15, 0.2) is 36.4 Å². The molecule has 2 aliphatic heterocycles. The summed E-state index contributed by atoms with van der Waals surface area (Å²) in [4.78, 5) is 21.3. The molecule has 0 spiro atoms. The maximum atomic E-state index is 12.9. The number of hydrogen-bond acceptors (Lipinski definition) is 6. The summed E-state index contributed by atoms with van der Waals surface area (Å²) < 4.78 is 16.5. The maximum Gasteiger partial charge on any atom is 0.254 e. The molecule has 1 atom stereocenters. The van der Waals surface area contributed by atoms with Crippen LogP contribution in [-0.2, 0) is 4.74 Å². The molecule has 26 heavy (non-hydrogen) atoms. The number of nitrogens with zero attached hydrogens (tertiary/aromatic N) is 3. The van der Waals surface area contributed by atoms with Gasteiger partial charge in [0.1, 0.15) is 11.9 Å². The van der Waals surface area contributed by atoms with E-state index >= 15 is 0 Å². The zero-order chi connectivity index (χ0) is 18.1. The zero-order valence-electron chi connectivity index (χ0n) is 14.8. The molecule has 0 saturated carbocycles. The van der Waals surface area contributed by atoms with Gasteiger partial charge in [-0.25, -0.2) is 4.98 Å². The Morgan fingerprint density at radius 2 is 2.04 bits per heavy atom. The van der Waals surface area contributed by atoms with E-state index in [1.165, 1.54) is 0 Å². The summed E-state index contributed by atoms with van der Waals surface area (Å²) in [6.07, 6.45) is -0.235. The molecule has 0 unspecified atom stereocenters. The van der Waals surface area contributed by atoms with Gasteiger partial charge in [0.05, 0.1) is 18.8 Å². The molecule has 2 aliphatic rings. The van der Waals surface area contributed by atoms with Crippen LogP contribution in [0.25, 0.3) is 0 Å². The van der Waals surface area contributed by atoms with Gasteiger partial charge >= 0.3 is 0 Å². The first-order valence-corrected chi connectivity index (χ1v) is 8.56. The molecule has 1 aromatic heterocycles. The van der Waals surface area contributed by atoms with Crippen molar-refractivity contribution in [2.24, 2.45) is 0 Å². The fourth-order valence-electron chi connectivity index (χ4n) is 3.09. The highest BCUT2D eigenvalue weighted by atomic mass is 16.7. The molecule has 1 fully saturated rings. The Morgan fingerprint density at radius 3 is 2.88 bits per heavy atom. The minimum atomic E-state index is -0.235. The number of amides is 1. The van der Waals surface area contributed by atoms with Gasteiger partial charge in [-0.3, -0.25) is 4.79 Å². The summed E-state index contributed by atoms with van der Waals surface area (Å²) in [6.45, 7) is 1.70. The van der Waals surface area contributed by atoms with E-state index in [4.69, 9.17) is 14.2 Å². The van der Waals surface area contributed by atoms with Crippen LogP contribution < -0.4 is 14.4 Å². The molecule has 0 bridgehead atoms. The first-order chi connectivity index (χ1) is 12.6. The molecular formula is C19H21N3O4. The highest BCUT2D eigenvalue weighted by molar-refractivity contribution is 5.95. The largest absolute Gasteiger partial charge is 0.454 e. The van der Waals surface area contributed by atoms with Crippen LogP contribution in [0.5, 0.6) is 11.5 Å². The number of carbonyl (C=O) groups excluding carboxylic acids is 1. The van der Waals surface area contributed by atoms with Gasteiger partial charge in [0, 0.05) is 26.2 Å². The average Bonchev–Trinajstić information content (AvgIpc) is 3.15. The van der Waals surface area contributed by atoms with E-state index in [1.807, 2.05) is 37.2 Å². The minimum absolute atomic E-state index is 0.0413. The molecule has 7 heteroatoms. The fourth-order valence-corrected chi connectivity index (χ4v) is 3.09. The average molecular weight is 355 g/mol. The predicted molar refractivity (Wildman–Crippen MR) is 95.7 cm³/mol. The maximum absolute atomic E-state index is 12.9. The predicted octanol–water partition coefficient (Wildman–Crippen LogP) is 2.09. The van der Waals surface area contributed by atoms with Crippen molar-refractivity contribution in [3.63, 3.8) is 0 Å². The molecule has 3 heterocycles. The van der Waals surface area contributed by atoms with Gasteiger partial charge in [-0.1, -0.05) is 6.07 Å². The molecule has 4 rings (SSSR count). The van der Waals surface area contributed by atoms with Crippen LogP contribution in [0.3, 0.4) is 0 Å². The lowest BCUT2D eigenvalue weighted by atomic mass is 10.1. The lowest BCUT2D eigenvalue weighted by Crippen LogP contribution is -2.42. The topological polar surface area (TPSA) is 64.1 Å². The molecule has 136 valence electrons. The summed E-state index contributed by atoms with van der Waals surface area (Å²) in [5.74, 6) is 2.11. The van der Waals surface area contributed by atoms with Crippen LogP contribution in [0.4, 0.5) is 5.82 Å². The number of fused-ring (bicyclic) bond motifs is 1. The van der Waals surface area contributed by atoms with Crippen LogP contribution >= 0.6 is 0 Å². The van der Waals surface area contributed by atoms with E-state index in [-0.39, 0.29) is 18.8 Å². The lowest BCUT2D eigenvalue weighted by molar-refractivity contribution is -0.0246. The second-order valence-electron chi connectivity index (χ2n) is 6.49. The number of aromatic nitrogens is 1. The van der Waals surface area contributed by atoms with Crippen LogP contribution in [0.1, 0.15) is 22.2 Å². The summed E-state index contributed by atoms with van der Waals surface area (Å²) in [7, 11) is 3.90. The Labute approximate surface area is 152 Å². The number of morpholine rings is 1. The first kappa shape index (κ1) is 16.7. The van der Waals surface area contributed by atoms with Gasteiger partial charge in [-0.2, -0.15) is 0 Å². The van der Waals surface area contributed by atoms with Crippen molar-refractivity contribution in [2.45, 2.75) is 6.10 Å². The van der Waals surface area contributed by atoms with E-state index in [2.05, 4.69) is 4.98 Å². The number of rotatable bonds is 3. The van der Waals surface area contributed by atoms with Gasteiger partial charge in [-0.05, 0) is 30.3 Å². The van der Waals surface area contributed by atoms with E-state index in [0.29, 0.717) is 36.8 Å².